The van der Waals surface area contributed by atoms with E-state index >= 15 is 0 Å². The molecule has 2 heterocycles. The summed E-state index contributed by atoms with van der Waals surface area (Å²) in [5.74, 6) is 0.227. The summed E-state index contributed by atoms with van der Waals surface area (Å²) in [7, 11) is 1.81. The lowest BCUT2D eigenvalue weighted by Gasteiger charge is -2.09. The molecule has 0 fully saturated rings. The third-order valence-corrected chi connectivity index (χ3v) is 5.03. The number of benzene rings is 1. The first-order valence-electron chi connectivity index (χ1n) is 10.9. The van der Waals surface area contributed by atoms with Crippen LogP contribution in [0.5, 0.6) is 0 Å². The Morgan fingerprint density at radius 3 is 2.59 bits per heavy atom. The number of hydrogen-bond donors (Lipinski definition) is 5. The van der Waals surface area contributed by atoms with E-state index in [-0.39, 0.29) is 31.1 Å². The van der Waals surface area contributed by atoms with Crippen molar-refractivity contribution in [3.63, 3.8) is 0 Å². The van der Waals surface area contributed by atoms with Gasteiger partial charge in [0.2, 0.25) is 0 Å². The van der Waals surface area contributed by atoms with Crippen LogP contribution in [0.1, 0.15) is 39.5 Å². The fourth-order valence-electron chi connectivity index (χ4n) is 2.99. The third kappa shape index (κ3) is 6.10. The largest absolute Gasteiger partial charge is 0.330 e. The molecule has 1 atom stereocenters. The van der Waals surface area contributed by atoms with Crippen LogP contribution in [-0.4, -0.2) is 43.4 Å². The Morgan fingerprint density at radius 2 is 1.97 bits per heavy atom. The van der Waals surface area contributed by atoms with Gasteiger partial charge >= 0.3 is 0 Å². The van der Waals surface area contributed by atoms with Gasteiger partial charge in [-0.15, -0.1) is 0 Å². The number of amides is 1. The number of carbonyl (C=O) groups excluding carboxylic acids is 1. The number of aryl methyl sites for hydroxylation is 1. The fraction of sp³-hybridized carbons (Fsp3) is 0.292. The number of aromatic nitrogens is 4. The van der Waals surface area contributed by atoms with E-state index in [1.807, 2.05) is 27.8 Å². The van der Waals surface area contributed by atoms with Gasteiger partial charge in [0.1, 0.15) is 29.0 Å². The summed E-state index contributed by atoms with van der Waals surface area (Å²) in [5, 5.41) is 18.9. The second-order valence-corrected chi connectivity index (χ2v) is 7.36. The van der Waals surface area contributed by atoms with Crippen LogP contribution in [0.3, 0.4) is 0 Å². The van der Waals surface area contributed by atoms with Crippen molar-refractivity contribution in [2.75, 3.05) is 11.9 Å². The first-order valence-corrected chi connectivity index (χ1v) is 10.9. The first kappa shape index (κ1) is 26.3. The van der Waals surface area contributed by atoms with Gasteiger partial charge in [0, 0.05) is 26.5 Å². The Kier molecular flexibility index (Phi) is 9.14. The summed E-state index contributed by atoms with van der Waals surface area (Å²) in [4.78, 5) is 23.7. The summed E-state index contributed by atoms with van der Waals surface area (Å²) >= 11 is 0. The molecule has 1 unspecified atom stereocenters. The zero-order chi connectivity index (χ0) is 25.4. The summed E-state index contributed by atoms with van der Waals surface area (Å²) in [6, 6.07) is 5.97. The van der Waals surface area contributed by atoms with Gasteiger partial charge in [0.15, 0.2) is 0 Å². The Balaban J connectivity index is 0.00000199. The molecular weight excluding hydrogens is 435 g/mol. The van der Waals surface area contributed by atoms with Crippen molar-refractivity contribution in [2.24, 2.45) is 18.7 Å². The van der Waals surface area contributed by atoms with E-state index in [0.717, 1.165) is 5.82 Å². The van der Waals surface area contributed by atoms with Crippen molar-refractivity contribution in [2.45, 2.75) is 27.7 Å². The molecule has 0 bridgehead atoms. The molecule has 10 heteroatoms. The number of carbonyl (C=O) groups is 1. The number of allylic oxidation sites excluding steroid dienone is 1. The Labute approximate surface area is 199 Å². The van der Waals surface area contributed by atoms with E-state index in [1.165, 1.54) is 18.3 Å². The minimum atomic E-state index is -0.552. The van der Waals surface area contributed by atoms with Gasteiger partial charge in [0.25, 0.3) is 5.91 Å². The van der Waals surface area contributed by atoms with E-state index in [4.69, 9.17) is 16.6 Å². The van der Waals surface area contributed by atoms with Gasteiger partial charge in [-0.25, -0.2) is 14.4 Å². The second-order valence-electron chi connectivity index (χ2n) is 7.36. The number of halogens is 1. The molecule has 1 aromatic carbocycles. The average Bonchev–Trinajstić information content (AvgIpc) is 3.41. The van der Waals surface area contributed by atoms with Crippen molar-refractivity contribution in [3.05, 3.63) is 59.7 Å². The highest BCUT2D eigenvalue weighted by atomic mass is 19.1. The maximum Gasteiger partial charge on any atom is 0.270 e. The maximum absolute atomic E-state index is 13.3. The van der Waals surface area contributed by atoms with Crippen LogP contribution in [0.15, 0.2) is 36.5 Å². The smallest absolute Gasteiger partial charge is 0.270 e. The van der Waals surface area contributed by atoms with Gasteiger partial charge in [-0.3, -0.25) is 15.6 Å². The number of H-pyrrole nitrogens is 1. The Bertz CT molecular complexity index is 1200. The molecule has 0 radical (unpaired) electrons. The molecule has 3 rings (SSSR count). The fourth-order valence-corrected chi connectivity index (χ4v) is 2.99. The maximum atomic E-state index is 13.3. The molecular formula is C24H33FN8O. The van der Waals surface area contributed by atoms with Crippen LogP contribution >= 0.6 is 0 Å². The molecule has 3 aromatic rings. The lowest BCUT2D eigenvalue weighted by Crippen LogP contribution is -2.31. The van der Waals surface area contributed by atoms with E-state index in [2.05, 4.69) is 20.3 Å². The van der Waals surface area contributed by atoms with Crippen molar-refractivity contribution in [3.8, 4) is 11.3 Å². The molecule has 182 valence electrons. The normalized spacial score (nSPS) is 11.6. The highest BCUT2D eigenvalue weighted by molar-refractivity contribution is 6.42. The topological polar surface area (TPSA) is 149 Å². The van der Waals surface area contributed by atoms with Crippen molar-refractivity contribution in [1.29, 1.82) is 10.8 Å². The average molecular weight is 469 g/mol. The molecule has 0 aliphatic rings. The molecule has 0 spiro atoms. The van der Waals surface area contributed by atoms with Crippen molar-refractivity contribution in [1.82, 2.24) is 19.5 Å². The molecule has 0 saturated carbocycles. The van der Waals surface area contributed by atoms with E-state index in [1.54, 1.807) is 35.8 Å². The summed E-state index contributed by atoms with van der Waals surface area (Å²) in [5.41, 5.74) is 7.45. The molecule has 2 aromatic heterocycles. The van der Waals surface area contributed by atoms with E-state index in [9.17, 15) is 9.18 Å². The van der Waals surface area contributed by atoms with Crippen LogP contribution in [-0.2, 0) is 11.8 Å². The van der Waals surface area contributed by atoms with Crippen molar-refractivity contribution < 1.29 is 10.6 Å². The summed E-state index contributed by atoms with van der Waals surface area (Å²) < 4.78 is 15.1. The number of imidazole rings is 2. The van der Waals surface area contributed by atoms with Crippen LogP contribution in [0.2, 0.25) is 0 Å². The first-order chi connectivity index (χ1) is 16.2. The Morgan fingerprint density at radius 1 is 1.32 bits per heavy atom. The van der Waals surface area contributed by atoms with Crippen LogP contribution < -0.4 is 11.1 Å². The highest BCUT2D eigenvalue weighted by Crippen LogP contribution is 2.24. The standard InChI is InChI=1S/C22H25FN8O.C2H6.H2/c1-12(10-24)19(26)22(32)30-18-11-27-17(29-18)9-8-16(25)21-20(28-13(2)31(21)3)14-4-6-15(23)7-5-14;1-2;/h4-9,11-12,25-26H,10,24H2,1-3H3,(H,27,29)(H,30,32);1-2H3;1H/b9-8-,25-16?,26-19?;;. The number of anilines is 1. The minimum absolute atomic E-state index is 0. The number of rotatable bonds is 8. The zero-order valence-corrected chi connectivity index (χ0v) is 20.0. The van der Waals surface area contributed by atoms with Gasteiger partial charge in [-0.2, -0.15) is 0 Å². The predicted molar refractivity (Wildman–Crippen MR) is 136 cm³/mol. The molecule has 0 aliphatic heterocycles. The van der Waals surface area contributed by atoms with Crippen molar-refractivity contribution >= 4 is 29.2 Å². The SMILES string of the molecule is CC.Cc1nc(-c2ccc(F)cc2)c(C(=N)/C=C\c2ncc(NC(=O)C(=N)C(C)CN)[nH]2)n1C.[HH]. The third-order valence-electron chi connectivity index (χ3n) is 5.03. The lowest BCUT2D eigenvalue weighted by molar-refractivity contribution is -0.110. The molecule has 0 aliphatic carbocycles. The van der Waals surface area contributed by atoms with E-state index in [0.29, 0.717) is 28.6 Å². The quantitative estimate of drug-likeness (QED) is 0.315. The van der Waals surface area contributed by atoms with Gasteiger partial charge < -0.3 is 20.6 Å². The van der Waals surface area contributed by atoms with E-state index < -0.39 is 5.91 Å². The van der Waals surface area contributed by atoms with Crippen LogP contribution in [0.25, 0.3) is 17.3 Å². The number of nitrogens with one attached hydrogen (secondary N) is 4. The van der Waals surface area contributed by atoms with Crippen LogP contribution in [0.4, 0.5) is 10.2 Å². The predicted octanol–water partition coefficient (Wildman–Crippen LogP) is 4.16. The lowest BCUT2D eigenvalue weighted by atomic mass is 10.1. The number of aromatic amines is 1. The summed E-state index contributed by atoms with van der Waals surface area (Å²) in [6.07, 6.45) is 4.59. The second kappa shape index (κ2) is 11.8. The monoisotopic (exact) mass is 468 g/mol. The molecule has 0 saturated heterocycles. The number of nitrogens with two attached hydrogens (primary N) is 1. The number of hydrogen-bond acceptors (Lipinski definition) is 6. The van der Waals surface area contributed by atoms with Gasteiger partial charge in [-0.05, 0) is 43.3 Å². The van der Waals surface area contributed by atoms with Gasteiger partial charge in [-0.1, -0.05) is 20.8 Å². The zero-order valence-electron chi connectivity index (χ0n) is 20.0. The molecule has 9 nitrogen and oxygen atoms in total. The van der Waals surface area contributed by atoms with Gasteiger partial charge in [0.05, 0.1) is 23.3 Å². The molecule has 6 N–H and O–H groups in total. The molecule has 34 heavy (non-hydrogen) atoms. The Hall–Kier alpha value is -3.92. The summed E-state index contributed by atoms with van der Waals surface area (Å²) in [6.45, 7) is 7.74. The number of nitrogens with zero attached hydrogens (tertiary/aromatic N) is 3. The van der Waals surface area contributed by atoms with Crippen LogP contribution in [0, 0.1) is 29.5 Å². The molecule has 1 amide bonds. The minimum Gasteiger partial charge on any atom is -0.330 e. The highest BCUT2D eigenvalue weighted by Gasteiger charge is 2.18.